The summed E-state index contributed by atoms with van der Waals surface area (Å²) < 4.78 is 1.97. The van der Waals surface area contributed by atoms with Crippen LogP contribution in [-0.4, -0.2) is 10.4 Å². The number of carbonyl (C=O) groups is 1. The molecule has 0 aliphatic rings. The molecule has 0 amide bonds. The molecule has 1 heterocycles. The van der Waals surface area contributed by atoms with Crippen LogP contribution in [0.15, 0.2) is 95.9 Å². The van der Waals surface area contributed by atoms with Gasteiger partial charge in [-0.1, -0.05) is 72.8 Å². The number of hydrogen-bond acceptors (Lipinski definition) is 2. The molecule has 0 unspecified atom stereocenters. The first-order valence-electron chi connectivity index (χ1n) is 8.50. The Morgan fingerprint density at radius 2 is 1.38 bits per heavy atom. The minimum atomic E-state index is -0.247. The highest BCUT2D eigenvalue weighted by Crippen LogP contribution is 2.16. The molecule has 0 aliphatic carbocycles. The molecule has 3 aromatic carbocycles. The topological polar surface area (TPSA) is 39.1 Å². The Labute approximate surface area is 151 Å². The fourth-order valence-corrected chi connectivity index (χ4v) is 3.16. The number of hydrogen-bond donors (Lipinski definition) is 0. The Kier molecular flexibility index (Phi) is 4.20. The van der Waals surface area contributed by atoms with Crippen LogP contribution in [0.4, 0.5) is 0 Å². The second-order valence-corrected chi connectivity index (χ2v) is 6.20. The van der Waals surface area contributed by atoms with Gasteiger partial charge in [-0.05, 0) is 17.7 Å². The van der Waals surface area contributed by atoms with Gasteiger partial charge in [0.1, 0.15) is 0 Å². The summed E-state index contributed by atoms with van der Waals surface area (Å²) in [7, 11) is 0. The van der Waals surface area contributed by atoms with Crippen molar-refractivity contribution < 1.29 is 4.79 Å². The van der Waals surface area contributed by atoms with Crippen LogP contribution in [0.3, 0.4) is 0 Å². The number of para-hydroxylation sites is 1. The summed E-state index contributed by atoms with van der Waals surface area (Å²) >= 11 is 0. The first-order valence-corrected chi connectivity index (χ1v) is 8.50. The van der Waals surface area contributed by atoms with E-state index in [1.54, 1.807) is 36.5 Å². The van der Waals surface area contributed by atoms with Gasteiger partial charge >= 0.3 is 0 Å². The van der Waals surface area contributed by atoms with Crippen molar-refractivity contribution in [2.75, 3.05) is 0 Å². The molecule has 26 heavy (non-hydrogen) atoms. The molecule has 0 saturated carbocycles. The number of benzene rings is 3. The van der Waals surface area contributed by atoms with E-state index < -0.39 is 0 Å². The van der Waals surface area contributed by atoms with E-state index in [0.717, 1.165) is 11.1 Å². The molecular weight excluding hydrogens is 322 g/mol. The van der Waals surface area contributed by atoms with Crippen molar-refractivity contribution in [1.29, 1.82) is 0 Å². The molecular formula is C23H17NO2. The molecule has 0 spiro atoms. The average Bonchev–Trinajstić information content (AvgIpc) is 2.71. The first-order chi connectivity index (χ1) is 12.7. The van der Waals surface area contributed by atoms with Crippen molar-refractivity contribution >= 4 is 16.7 Å². The molecule has 3 nitrogen and oxygen atoms in total. The molecule has 126 valence electrons. The monoisotopic (exact) mass is 339 g/mol. The molecule has 0 atom stereocenters. The second kappa shape index (κ2) is 6.81. The van der Waals surface area contributed by atoms with Crippen LogP contribution < -0.4 is 5.43 Å². The van der Waals surface area contributed by atoms with E-state index in [4.69, 9.17) is 0 Å². The lowest BCUT2D eigenvalue weighted by atomic mass is 10.0. The Bertz CT molecular complexity index is 1130. The Hall–Kier alpha value is -3.46. The minimum absolute atomic E-state index is 0.200. The summed E-state index contributed by atoms with van der Waals surface area (Å²) in [5.41, 5.74) is 2.43. The molecule has 3 heteroatoms. The maximum absolute atomic E-state index is 12.9. The quantitative estimate of drug-likeness (QED) is 0.521. The second-order valence-electron chi connectivity index (χ2n) is 6.20. The van der Waals surface area contributed by atoms with Gasteiger partial charge in [0.15, 0.2) is 5.78 Å². The van der Waals surface area contributed by atoms with E-state index in [0.29, 0.717) is 17.5 Å². The Morgan fingerprint density at radius 1 is 0.769 bits per heavy atom. The number of pyridine rings is 1. The zero-order valence-corrected chi connectivity index (χ0v) is 14.1. The van der Waals surface area contributed by atoms with E-state index in [2.05, 4.69) is 0 Å². The first kappa shape index (κ1) is 16.0. The Balaban J connectivity index is 1.90. The Morgan fingerprint density at radius 3 is 2.12 bits per heavy atom. The fraction of sp³-hybridized carbons (Fsp3) is 0.0435. The maximum Gasteiger partial charge on any atom is 0.200 e. The van der Waals surface area contributed by atoms with Crippen LogP contribution in [0.5, 0.6) is 0 Å². The summed E-state index contributed by atoms with van der Waals surface area (Å²) in [4.78, 5) is 25.8. The SMILES string of the molecule is O=C(c1ccccc1)c1cn(Cc2ccccc2)c2ccccc2c1=O. The molecule has 0 bridgehead atoms. The van der Waals surface area contributed by atoms with Crippen molar-refractivity contribution in [2.24, 2.45) is 0 Å². The van der Waals surface area contributed by atoms with Gasteiger partial charge in [-0.15, -0.1) is 0 Å². The lowest BCUT2D eigenvalue weighted by Crippen LogP contribution is -2.20. The van der Waals surface area contributed by atoms with Crippen LogP contribution in [0.25, 0.3) is 10.9 Å². The maximum atomic E-state index is 12.9. The zero-order chi connectivity index (χ0) is 17.9. The van der Waals surface area contributed by atoms with Gasteiger partial charge < -0.3 is 4.57 Å². The van der Waals surface area contributed by atoms with Gasteiger partial charge in [-0.3, -0.25) is 9.59 Å². The molecule has 0 fully saturated rings. The highest BCUT2D eigenvalue weighted by Gasteiger charge is 2.16. The molecule has 1 aromatic heterocycles. The van der Waals surface area contributed by atoms with E-state index >= 15 is 0 Å². The minimum Gasteiger partial charge on any atom is -0.342 e. The fourth-order valence-electron chi connectivity index (χ4n) is 3.16. The molecule has 0 aliphatic heterocycles. The predicted octanol–water partition coefficient (Wildman–Crippen LogP) is 4.28. The number of ketones is 1. The number of fused-ring (bicyclic) bond motifs is 1. The number of rotatable bonds is 4. The normalized spacial score (nSPS) is 10.8. The van der Waals surface area contributed by atoms with Crippen molar-refractivity contribution in [3.8, 4) is 0 Å². The third kappa shape index (κ3) is 2.95. The summed E-state index contributed by atoms with van der Waals surface area (Å²) in [6.07, 6.45) is 1.69. The van der Waals surface area contributed by atoms with Crippen molar-refractivity contribution in [2.45, 2.75) is 6.54 Å². The van der Waals surface area contributed by atoms with Crippen molar-refractivity contribution in [3.63, 3.8) is 0 Å². The van der Waals surface area contributed by atoms with Gasteiger partial charge in [0.25, 0.3) is 0 Å². The van der Waals surface area contributed by atoms with Crippen molar-refractivity contribution in [1.82, 2.24) is 4.57 Å². The third-order valence-corrected chi connectivity index (χ3v) is 4.46. The van der Waals surface area contributed by atoms with Crippen molar-refractivity contribution in [3.05, 3.63) is 118 Å². The van der Waals surface area contributed by atoms with E-state index in [1.165, 1.54) is 0 Å². The smallest absolute Gasteiger partial charge is 0.200 e. The summed E-state index contributed by atoms with van der Waals surface area (Å²) in [5.74, 6) is -0.247. The molecule has 0 N–H and O–H groups in total. The zero-order valence-electron chi connectivity index (χ0n) is 14.1. The van der Waals surface area contributed by atoms with Gasteiger partial charge in [0.2, 0.25) is 5.43 Å². The van der Waals surface area contributed by atoms with Crippen LogP contribution in [0.2, 0.25) is 0 Å². The van der Waals surface area contributed by atoms with Crippen LogP contribution in [-0.2, 0) is 6.54 Å². The number of carbonyl (C=O) groups excluding carboxylic acids is 1. The standard InChI is InChI=1S/C23H17NO2/c25-22(18-11-5-2-6-12-18)20-16-24(15-17-9-3-1-4-10-17)21-14-8-7-13-19(21)23(20)26/h1-14,16H,15H2. The molecule has 0 saturated heterocycles. The average molecular weight is 339 g/mol. The van der Waals surface area contributed by atoms with Gasteiger partial charge in [0, 0.05) is 23.7 Å². The van der Waals surface area contributed by atoms with E-state index in [-0.39, 0.29) is 16.8 Å². The lowest BCUT2D eigenvalue weighted by Gasteiger charge is -2.13. The van der Waals surface area contributed by atoms with Crippen LogP contribution in [0.1, 0.15) is 21.5 Å². The van der Waals surface area contributed by atoms with Crippen LogP contribution >= 0.6 is 0 Å². The van der Waals surface area contributed by atoms with Gasteiger partial charge in [-0.2, -0.15) is 0 Å². The molecule has 4 rings (SSSR count). The lowest BCUT2D eigenvalue weighted by molar-refractivity contribution is 0.103. The predicted molar refractivity (Wildman–Crippen MR) is 104 cm³/mol. The highest BCUT2D eigenvalue weighted by molar-refractivity contribution is 6.10. The van der Waals surface area contributed by atoms with E-state index in [9.17, 15) is 9.59 Å². The molecule has 0 radical (unpaired) electrons. The van der Waals surface area contributed by atoms with E-state index in [1.807, 2.05) is 59.2 Å². The largest absolute Gasteiger partial charge is 0.342 e. The third-order valence-electron chi connectivity index (χ3n) is 4.46. The van der Waals surface area contributed by atoms with Gasteiger partial charge in [0.05, 0.1) is 11.1 Å². The molecule has 4 aromatic rings. The van der Waals surface area contributed by atoms with Crippen LogP contribution in [0, 0.1) is 0 Å². The van der Waals surface area contributed by atoms with Gasteiger partial charge in [-0.25, -0.2) is 0 Å². The highest BCUT2D eigenvalue weighted by atomic mass is 16.1. The summed E-state index contributed by atoms with van der Waals surface area (Å²) in [6, 6.07) is 26.4. The number of nitrogens with zero attached hydrogens (tertiary/aromatic N) is 1. The summed E-state index contributed by atoms with van der Waals surface area (Å²) in [5, 5.41) is 0.560. The summed E-state index contributed by atoms with van der Waals surface area (Å²) in [6.45, 7) is 0.594. The number of aromatic nitrogens is 1.